The smallest absolute Gasteiger partial charge is 0.187 e. The van der Waals surface area contributed by atoms with Gasteiger partial charge in [0, 0.05) is 30.7 Å². The summed E-state index contributed by atoms with van der Waals surface area (Å²) in [4.78, 5) is 16.0. The van der Waals surface area contributed by atoms with Crippen LogP contribution in [0.25, 0.3) is 0 Å². The van der Waals surface area contributed by atoms with Gasteiger partial charge in [-0.3, -0.25) is 4.79 Å². The lowest BCUT2D eigenvalue weighted by atomic mass is 10.1. The number of carbonyl (C=O) groups is 1. The first-order valence-electron chi connectivity index (χ1n) is 5.79. The van der Waals surface area contributed by atoms with E-state index in [1.165, 1.54) is 18.2 Å². The van der Waals surface area contributed by atoms with E-state index in [9.17, 15) is 9.18 Å². The molecule has 0 amide bonds. The molecule has 6 heteroatoms. The van der Waals surface area contributed by atoms with E-state index in [4.69, 9.17) is 17.3 Å². The molecular formula is C13H13ClFN3O. The summed E-state index contributed by atoms with van der Waals surface area (Å²) < 4.78 is 14.8. The number of halogens is 2. The summed E-state index contributed by atoms with van der Waals surface area (Å²) in [6.45, 7) is 1.07. The standard InChI is InChI=1S/C13H13ClFN3O/c14-11-2-1-10(15)5-9(11)6-13(19)12-7-18(4-3-16)8-17-12/h1-2,5,7-8H,3-4,6,16H2. The van der Waals surface area contributed by atoms with Crippen LogP contribution < -0.4 is 5.73 Å². The molecule has 2 aromatic rings. The maximum atomic E-state index is 13.1. The van der Waals surface area contributed by atoms with Gasteiger partial charge in [0.15, 0.2) is 5.78 Å². The predicted molar refractivity (Wildman–Crippen MR) is 70.7 cm³/mol. The van der Waals surface area contributed by atoms with E-state index in [2.05, 4.69) is 4.98 Å². The van der Waals surface area contributed by atoms with Gasteiger partial charge >= 0.3 is 0 Å². The van der Waals surface area contributed by atoms with Gasteiger partial charge in [0.1, 0.15) is 11.5 Å². The fourth-order valence-corrected chi connectivity index (χ4v) is 1.90. The fourth-order valence-electron chi connectivity index (χ4n) is 1.72. The Bertz CT molecular complexity index is 597. The molecule has 0 saturated carbocycles. The molecule has 1 aromatic carbocycles. The highest BCUT2D eigenvalue weighted by molar-refractivity contribution is 6.31. The van der Waals surface area contributed by atoms with Crippen LogP contribution in [-0.2, 0) is 13.0 Å². The van der Waals surface area contributed by atoms with Crippen LogP contribution in [0.4, 0.5) is 4.39 Å². The Balaban J connectivity index is 2.13. The molecule has 1 aromatic heterocycles. The average molecular weight is 282 g/mol. The molecule has 19 heavy (non-hydrogen) atoms. The topological polar surface area (TPSA) is 60.9 Å². The van der Waals surface area contributed by atoms with Crippen molar-refractivity contribution in [3.05, 3.63) is 52.8 Å². The first kappa shape index (κ1) is 13.7. The zero-order valence-electron chi connectivity index (χ0n) is 10.1. The summed E-state index contributed by atoms with van der Waals surface area (Å²) in [5, 5.41) is 0.371. The quantitative estimate of drug-likeness (QED) is 0.854. The van der Waals surface area contributed by atoms with E-state index in [0.717, 1.165) is 0 Å². The van der Waals surface area contributed by atoms with Gasteiger partial charge in [0.2, 0.25) is 0 Å². The average Bonchev–Trinajstić information content (AvgIpc) is 2.83. The molecule has 0 radical (unpaired) electrons. The van der Waals surface area contributed by atoms with Crippen molar-refractivity contribution in [3.8, 4) is 0 Å². The maximum absolute atomic E-state index is 13.1. The molecule has 0 spiro atoms. The lowest BCUT2D eigenvalue weighted by molar-refractivity contribution is 0.0988. The summed E-state index contributed by atoms with van der Waals surface area (Å²) in [6, 6.07) is 3.95. The van der Waals surface area contributed by atoms with Crippen LogP contribution in [0.15, 0.2) is 30.7 Å². The molecule has 0 aliphatic rings. The number of hydrogen-bond acceptors (Lipinski definition) is 3. The van der Waals surface area contributed by atoms with Crippen LogP contribution in [0, 0.1) is 5.82 Å². The summed E-state index contributed by atoms with van der Waals surface area (Å²) in [5.74, 6) is -0.621. The summed E-state index contributed by atoms with van der Waals surface area (Å²) in [7, 11) is 0. The van der Waals surface area contributed by atoms with E-state index in [1.807, 2.05) is 0 Å². The van der Waals surface area contributed by atoms with Gasteiger partial charge in [0.05, 0.1) is 6.33 Å². The monoisotopic (exact) mass is 281 g/mol. The molecule has 2 rings (SSSR count). The number of nitrogens with two attached hydrogens (primary N) is 1. The summed E-state index contributed by atoms with van der Waals surface area (Å²) in [5.41, 5.74) is 6.20. The first-order valence-corrected chi connectivity index (χ1v) is 6.17. The third-order valence-electron chi connectivity index (χ3n) is 2.67. The maximum Gasteiger partial charge on any atom is 0.187 e. The molecule has 0 unspecified atom stereocenters. The Morgan fingerprint density at radius 3 is 3.00 bits per heavy atom. The number of aromatic nitrogens is 2. The van der Waals surface area contributed by atoms with E-state index in [1.54, 1.807) is 17.1 Å². The highest BCUT2D eigenvalue weighted by Gasteiger charge is 2.13. The Kier molecular flexibility index (Phi) is 4.29. The number of rotatable bonds is 5. The van der Waals surface area contributed by atoms with Crippen molar-refractivity contribution in [2.75, 3.05) is 6.54 Å². The van der Waals surface area contributed by atoms with Crippen molar-refractivity contribution < 1.29 is 9.18 Å². The van der Waals surface area contributed by atoms with E-state index in [0.29, 0.717) is 29.4 Å². The van der Waals surface area contributed by atoms with Crippen LogP contribution in [0.3, 0.4) is 0 Å². The number of nitrogens with zero attached hydrogens (tertiary/aromatic N) is 2. The lowest BCUT2D eigenvalue weighted by Gasteiger charge is -2.02. The highest BCUT2D eigenvalue weighted by atomic mass is 35.5. The van der Waals surface area contributed by atoms with Crippen LogP contribution in [-0.4, -0.2) is 21.9 Å². The fraction of sp³-hybridized carbons (Fsp3) is 0.231. The van der Waals surface area contributed by atoms with Crippen LogP contribution in [0.1, 0.15) is 16.1 Å². The van der Waals surface area contributed by atoms with E-state index < -0.39 is 5.82 Å². The third-order valence-corrected chi connectivity index (χ3v) is 3.03. The minimum Gasteiger partial charge on any atom is -0.335 e. The van der Waals surface area contributed by atoms with E-state index in [-0.39, 0.29) is 12.2 Å². The zero-order valence-corrected chi connectivity index (χ0v) is 10.9. The number of carbonyl (C=O) groups excluding carboxylic acids is 1. The molecule has 0 fully saturated rings. The number of ketones is 1. The third kappa shape index (κ3) is 3.39. The molecule has 100 valence electrons. The Hall–Kier alpha value is -1.72. The lowest BCUT2D eigenvalue weighted by Crippen LogP contribution is -2.08. The van der Waals surface area contributed by atoms with Gasteiger partial charge in [-0.05, 0) is 23.8 Å². The highest BCUT2D eigenvalue weighted by Crippen LogP contribution is 2.18. The Morgan fingerprint density at radius 1 is 1.47 bits per heavy atom. The van der Waals surface area contributed by atoms with E-state index >= 15 is 0 Å². The van der Waals surface area contributed by atoms with Crippen molar-refractivity contribution in [2.24, 2.45) is 5.73 Å². The molecule has 0 saturated heterocycles. The van der Waals surface area contributed by atoms with Crippen LogP contribution in [0.2, 0.25) is 5.02 Å². The summed E-state index contributed by atoms with van der Waals surface area (Å²) in [6.07, 6.45) is 3.20. The van der Waals surface area contributed by atoms with Gasteiger partial charge in [-0.1, -0.05) is 11.6 Å². The van der Waals surface area contributed by atoms with Gasteiger partial charge in [-0.2, -0.15) is 0 Å². The molecular weight excluding hydrogens is 269 g/mol. The molecule has 0 bridgehead atoms. The van der Waals surface area contributed by atoms with Gasteiger partial charge in [-0.15, -0.1) is 0 Å². The summed E-state index contributed by atoms with van der Waals surface area (Å²) >= 11 is 5.92. The number of hydrogen-bond donors (Lipinski definition) is 1. The van der Waals surface area contributed by atoms with Crippen LogP contribution >= 0.6 is 11.6 Å². The zero-order chi connectivity index (χ0) is 13.8. The van der Waals surface area contributed by atoms with Crippen molar-refractivity contribution in [1.82, 2.24) is 9.55 Å². The largest absolute Gasteiger partial charge is 0.335 e. The molecule has 4 nitrogen and oxygen atoms in total. The second kappa shape index (κ2) is 5.95. The Morgan fingerprint density at radius 2 is 2.26 bits per heavy atom. The molecule has 2 N–H and O–H groups in total. The minimum absolute atomic E-state index is 0.0240. The normalized spacial score (nSPS) is 10.7. The van der Waals surface area contributed by atoms with Gasteiger partial charge in [-0.25, -0.2) is 9.37 Å². The van der Waals surface area contributed by atoms with Crippen molar-refractivity contribution >= 4 is 17.4 Å². The van der Waals surface area contributed by atoms with Gasteiger partial charge < -0.3 is 10.3 Å². The number of Topliss-reactive ketones (excluding diaryl/α,β-unsaturated/α-hetero) is 1. The Labute approximate surface area is 115 Å². The van der Waals surface area contributed by atoms with Crippen molar-refractivity contribution in [1.29, 1.82) is 0 Å². The SMILES string of the molecule is NCCn1cnc(C(=O)Cc2cc(F)ccc2Cl)c1. The minimum atomic E-state index is -0.416. The van der Waals surface area contributed by atoms with Crippen molar-refractivity contribution in [3.63, 3.8) is 0 Å². The van der Waals surface area contributed by atoms with Crippen molar-refractivity contribution in [2.45, 2.75) is 13.0 Å². The molecule has 0 aliphatic heterocycles. The predicted octanol–water partition coefficient (Wildman–Crippen LogP) is 2.06. The molecule has 0 aliphatic carbocycles. The molecule has 1 heterocycles. The van der Waals surface area contributed by atoms with Gasteiger partial charge in [0.25, 0.3) is 0 Å². The second-order valence-electron chi connectivity index (χ2n) is 4.12. The second-order valence-corrected chi connectivity index (χ2v) is 4.53. The number of imidazole rings is 1. The number of benzene rings is 1. The van der Waals surface area contributed by atoms with Crippen LogP contribution in [0.5, 0.6) is 0 Å². The molecule has 0 atom stereocenters. The first-order chi connectivity index (χ1) is 9.10.